The minimum absolute atomic E-state index is 0.440. The summed E-state index contributed by atoms with van der Waals surface area (Å²) in [7, 11) is 0. The van der Waals surface area contributed by atoms with Crippen LogP contribution < -0.4 is 15.0 Å². The highest BCUT2D eigenvalue weighted by Gasteiger charge is 2.21. The molecule has 2 N–H and O–H groups in total. The molecule has 1 amide bonds. The molecule has 2 aromatic heterocycles. The second kappa shape index (κ2) is 8.14. The third-order valence-electron chi connectivity index (χ3n) is 5.24. The molecule has 2 saturated heterocycles. The highest BCUT2D eigenvalue weighted by atomic mass is 16.6. The lowest BCUT2D eigenvalue weighted by molar-refractivity contribution is 0.0663. The molecule has 8 heteroatoms. The van der Waals surface area contributed by atoms with Crippen LogP contribution >= 0.6 is 0 Å². The van der Waals surface area contributed by atoms with E-state index in [9.17, 15) is 4.79 Å². The molecule has 0 radical (unpaired) electrons. The van der Waals surface area contributed by atoms with E-state index in [1.807, 2.05) is 13.1 Å². The Kier molecular flexibility index (Phi) is 5.45. The predicted octanol–water partition coefficient (Wildman–Crippen LogP) is 2.22. The molecule has 0 atom stereocenters. The molecule has 8 nitrogen and oxygen atoms in total. The molecule has 0 spiro atoms. The summed E-state index contributed by atoms with van der Waals surface area (Å²) in [6.45, 7) is 7.10. The van der Waals surface area contributed by atoms with E-state index in [0.717, 1.165) is 61.4 Å². The third kappa shape index (κ3) is 4.01. The van der Waals surface area contributed by atoms with Gasteiger partial charge in [-0.1, -0.05) is 0 Å². The molecule has 4 rings (SSSR count). The molecule has 0 aromatic carbocycles. The van der Waals surface area contributed by atoms with Gasteiger partial charge in [0, 0.05) is 39.0 Å². The largest absolute Gasteiger partial charge is 0.412 e. The number of ether oxygens (including phenoxy) is 3. The molecule has 0 bridgehead atoms. The van der Waals surface area contributed by atoms with Crippen LogP contribution in [0, 0.1) is 12.8 Å². The van der Waals surface area contributed by atoms with Crippen LogP contribution in [0.2, 0.25) is 0 Å². The molecular formula is C19H26N4O4. The third-order valence-corrected chi connectivity index (χ3v) is 5.24. The summed E-state index contributed by atoms with van der Waals surface area (Å²) in [4.78, 5) is 22.3. The van der Waals surface area contributed by atoms with E-state index < -0.39 is 6.09 Å². The summed E-state index contributed by atoms with van der Waals surface area (Å²) in [6, 6.07) is 0. The topological polar surface area (TPSA) is 88.7 Å². The van der Waals surface area contributed by atoms with Gasteiger partial charge in [-0.25, -0.2) is 9.78 Å². The molecule has 2 aromatic rings. The second-order valence-electron chi connectivity index (χ2n) is 7.09. The fraction of sp³-hybridized carbons (Fsp3) is 0.579. The maximum atomic E-state index is 12.3. The Morgan fingerprint density at radius 1 is 1.30 bits per heavy atom. The summed E-state index contributed by atoms with van der Waals surface area (Å²) >= 11 is 0. The average molecular weight is 374 g/mol. The van der Waals surface area contributed by atoms with Gasteiger partial charge in [0.1, 0.15) is 0 Å². The molecule has 0 unspecified atom stereocenters. The number of hydrogen-bond donors (Lipinski definition) is 2. The van der Waals surface area contributed by atoms with Crippen molar-refractivity contribution in [2.45, 2.75) is 19.8 Å². The van der Waals surface area contributed by atoms with Crippen molar-refractivity contribution in [3.8, 4) is 5.75 Å². The van der Waals surface area contributed by atoms with Crippen LogP contribution in [0.4, 0.5) is 10.6 Å². The fourth-order valence-corrected chi connectivity index (χ4v) is 3.67. The number of nitrogens with zero attached hydrogens (tertiary/aromatic N) is 2. The van der Waals surface area contributed by atoms with Crippen LogP contribution in [0.1, 0.15) is 18.4 Å². The first-order valence-corrected chi connectivity index (χ1v) is 9.55. The lowest BCUT2D eigenvalue weighted by Gasteiger charge is -2.28. The van der Waals surface area contributed by atoms with Crippen molar-refractivity contribution in [3.63, 3.8) is 0 Å². The number of H-pyrrole nitrogens is 1. The van der Waals surface area contributed by atoms with Gasteiger partial charge < -0.3 is 29.4 Å². The summed E-state index contributed by atoms with van der Waals surface area (Å²) in [5.74, 6) is 1.80. The molecule has 2 fully saturated rings. The summed E-state index contributed by atoms with van der Waals surface area (Å²) in [5.41, 5.74) is 1.92. The minimum Gasteiger partial charge on any atom is -0.408 e. The number of pyridine rings is 1. The van der Waals surface area contributed by atoms with E-state index in [2.05, 4.69) is 20.2 Å². The molecule has 0 aliphatic carbocycles. The van der Waals surface area contributed by atoms with E-state index in [0.29, 0.717) is 31.4 Å². The lowest BCUT2D eigenvalue weighted by atomic mass is 10.0. The van der Waals surface area contributed by atoms with Gasteiger partial charge in [0.05, 0.1) is 30.3 Å². The van der Waals surface area contributed by atoms with Crippen molar-refractivity contribution in [3.05, 3.63) is 18.0 Å². The number of morpholine rings is 1. The Balaban J connectivity index is 1.48. The zero-order valence-corrected chi connectivity index (χ0v) is 15.6. The minimum atomic E-state index is -0.440. The number of fused-ring (bicyclic) bond motifs is 1. The van der Waals surface area contributed by atoms with Crippen molar-refractivity contribution >= 4 is 22.8 Å². The molecular weight excluding hydrogens is 348 g/mol. The first kappa shape index (κ1) is 18.1. The smallest absolute Gasteiger partial charge is 0.408 e. The van der Waals surface area contributed by atoms with Gasteiger partial charge in [0.15, 0.2) is 11.6 Å². The average Bonchev–Trinajstić information content (AvgIpc) is 3.10. The van der Waals surface area contributed by atoms with Crippen LogP contribution in [0.5, 0.6) is 5.75 Å². The number of carbonyl (C=O) groups is 1. The number of aromatic amines is 1. The predicted molar refractivity (Wildman–Crippen MR) is 101 cm³/mol. The first-order chi connectivity index (χ1) is 13.2. The second-order valence-corrected chi connectivity index (χ2v) is 7.09. The van der Waals surface area contributed by atoms with Gasteiger partial charge in [-0.15, -0.1) is 0 Å². The zero-order chi connectivity index (χ0) is 18.6. The number of nitrogens with one attached hydrogen (secondary N) is 2. The van der Waals surface area contributed by atoms with E-state index in [-0.39, 0.29) is 0 Å². The van der Waals surface area contributed by atoms with Crippen molar-refractivity contribution < 1.29 is 19.0 Å². The van der Waals surface area contributed by atoms with Gasteiger partial charge in [-0.3, -0.25) is 0 Å². The monoisotopic (exact) mass is 374 g/mol. The molecule has 4 heterocycles. The lowest BCUT2D eigenvalue weighted by Crippen LogP contribution is -2.37. The van der Waals surface area contributed by atoms with Crippen LogP contribution in [-0.2, 0) is 9.47 Å². The van der Waals surface area contributed by atoms with Gasteiger partial charge in [0.2, 0.25) is 0 Å². The molecule has 0 saturated carbocycles. The van der Waals surface area contributed by atoms with E-state index in [1.165, 1.54) is 0 Å². The van der Waals surface area contributed by atoms with Crippen LogP contribution in [-0.4, -0.2) is 62.1 Å². The number of hydrogen-bond acceptors (Lipinski definition) is 6. The van der Waals surface area contributed by atoms with Gasteiger partial charge >= 0.3 is 6.09 Å². The summed E-state index contributed by atoms with van der Waals surface area (Å²) < 4.78 is 16.4. The van der Waals surface area contributed by atoms with Crippen molar-refractivity contribution in [1.82, 2.24) is 15.3 Å². The molecule has 146 valence electrons. The number of aromatic nitrogens is 2. The van der Waals surface area contributed by atoms with Crippen molar-refractivity contribution in [2.75, 3.05) is 51.0 Å². The highest BCUT2D eigenvalue weighted by molar-refractivity contribution is 5.97. The number of rotatable bonds is 4. The van der Waals surface area contributed by atoms with E-state index in [1.54, 1.807) is 6.20 Å². The number of anilines is 1. The van der Waals surface area contributed by atoms with Crippen LogP contribution in [0.25, 0.3) is 10.9 Å². The maximum Gasteiger partial charge on any atom is 0.412 e. The van der Waals surface area contributed by atoms with Crippen LogP contribution in [0.15, 0.2) is 12.4 Å². The number of amides is 1. The SMILES string of the molecule is Cc1c[nH]c2c(N3CCOCC3)ncc(OC(=O)NCC3CCOCC3)c12. The number of carbonyl (C=O) groups excluding carboxylic acids is 1. The Hall–Kier alpha value is -2.32. The molecule has 27 heavy (non-hydrogen) atoms. The highest BCUT2D eigenvalue weighted by Crippen LogP contribution is 2.33. The molecule has 2 aliphatic rings. The Morgan fingerprint density at radius 3 is 2.81 bits per heavy atom. The Bertz CT molecular complexity index is 794. The first-order valence-electron chi connectivity index (χ1n) is 9.55. The zero-order valence-electron chi connectivity index (χ0n) is 15.6. The molecule has 2 aliphatic heterocycles. The summed E-state index contributed by atoms with van der Waals surface area (Å²) in [6.07, 6.45) is 5.06. The van der Waals surface area contributed by atoms with Gasteiger partial charge in [-0.2, -0.15) is 0 Å². The van der Waals surface area contributed by atoms with Crippen molar-refractivity contribution in [2.24, 2.45) is 5.92 Å². The van der Waals surface area contributed by atoms with E-state index >= 15 is 0 Å². The summed E-state index contributed by atoms with van der Waals surface area (Å²) in [5, 5.41) is 3.77. The Morgan fingerprint density at radius 2 is 2.04 bits per heavy atom. The normalized spacial score (nSPS) is 18.6. The van der Waals surface area contributed by atoms with E-state index in [4.69, 9.17) is 14.2 Å². The van der Waals surface area contributed by atoms with Gasteiger partial charge in [0.25, 0.3) is 0 Å². The fourth-order valence-electron chi connectivity index (χ4n) is 3.67. The number of aryl methyl sites for hydroxylation is 1. The van der Waals surface area contributed by atoms with Gasteiger partial charge in [-0.05, 0) is 31.2 Å². The maximum absolute atomic E-state index is 12.3. The standard InChI is InChI=1S/C19H26N4O4/c1-13-10-20-17-16(13)15(12-21-18(17)23-4-8-26-9-5-23)27-19(24)22-11-14-2-6-25-7-3-14/h10,12,14,20H,2-9,11H2,1H3,(H,22,24). The quantitative estimate of drug-likeness (QED) is 0.853. The Labute approximate surface area is 158 Å². The van der Waals surface area contributed by atoms with Crippen LogP contribution in [0.3, 0.4) is 0 Å². The van der Waals surface area contributed by atoms with Crippen molar-refractivity contribution in [1.29, 1.82) is 0 Å².